The van der Waals surface area contributed by atoms with Gasteiger partial charge >= 0.3 is 0 Å². The monoisotopic (exact) mass is 798 g/mol. The number of carbonyl (C=O) groups excluding carboxylic acids is 2. The van der Waals surface area contributed by atoms with Crippen molar-refractivity contribution >= 4 is 33.8 Å². The summed E-state index contributed by atoms with van der Waals surface area (Å²) in [5.74, 6) is 0. The molecule has 0 saturated heterocycles. The summed E-state index contributed by atoms with van der Waals surface area (Å²) in [6.07, 6.45) is 43.8. The van der Waals surface area contributed by atoms with Crippen molar-refractivity contribution < 1.29 is 14.7 Å². The number of hydrogen-bond acceptors (Lipinski definition) is 6. The number of aliphatic hydroxyl groups is 1. The lowest BCUT2D eigenvalue weighted by molar-refractivity contribution is -0.111. The molecule has 322 valence electrons. The summed E-state index contributed by atoms with van der Waals surface area (Å²) < 4.78 is 0. The first kappa shape index (κ1) is 54.0. The topological polar surface area (TPSA) is 57.6 Å². The van der Waals surface area contributed by atoms with Crippen LogP contribution in [0.1, 0.15) is 259 Å². The lowest BCUT2D eigenvalue weighted by Gasteiger charge is -2.22. The third kappa shape index (κ3) is 38.8. The molecule has 0 aliphatic rings. The molecular formula is C48H95NO3S2. The highest BCUT2D eigenvalue weighted by atomic mass is 32.2. The number of unbranched alkanes of at least 4 members (excludes halogenated alkanes) is 23. The van der Waals surface area contributed by atoms with Crippen LogP contribution in [0.3, 0.4) is 0 Å². The van der Waals surface area contributed by atoms with Gasteiger partial charge in [-0.3, -0.25) is 9.59 Å². The van der Waals surface area contributed by atoms with Gasteiger partial charge in [-0.2, -0.15) is 0 Å². The number of hydrogen-bond donors (Lipinski definition) is 1. The SMILES string of the molecule is CCCCCCCCC(CCCCCC)SC(=O)CCCCCCN(CCCCO)CCCCCCC(=O)SC(CCCCCC)CCCCCCCC. The van der Waals surface area contributed by atoms with Crippen molar-refractivity contribution in [1.29, 1.82) is 0 Å². The second kappa shape index (κ2) is 44.1. The number of carbonyl (C=O) groups is 2. The maximum Gasteiger partial charge on any atom is 0.189 e. The zero-order valence-corrected chi connectivity index (χ0v) is 38.6. The minimum absolute atomic E-state index is 0.281. The zero-order chi connectivity index (χ0) is 39.6. The summed E-state index contributed by atoms with van der Waals surface area (Å²) in [5, 5.41) is 11.3. The Balaban J connectivity index is 4.37. The van der Waals surface area contributed by atoms with E-state index < -0.39 is 0 Å². The van der Waals surface area contributed by atoms with Crippen LogP contribution in [0.15, 0.2) is 0 Å². The minimum atomic E-state index is 0.281. The van der Waals surface area contributed by atoms with Crippen molar-refractivity contribution in [3.63, 3.8) is 0 Å². The fourth-order valence-corrected chi connectivity index (χ4v) is 10.0. The first-order chi connectivity index (χ1) is 26.5. The second-order valence-corrected chi connectivity index (χ2v) is 19.4. The summed E-state index contributed by atoms with van der Waals surface area (Å²) in [7, 11) is 0. The van der Waals surface area contributed by atoms with Gasteiger partial charge in [0.2, 0.25) is 0 Å². The molecule has 2 unspecified atom stereocenters. The first-order valence-electron chi connectivity index (χ1n) is 24.2. The van der Waals surface area contributed by atoms with Gasteiger partial charge in [-0.1, -0.05) is 205 Å². The molecule has 0 saturated carbocycles. The second-order valence-electron chi connectivity index (χ2n) is 16.6. The largest absolute Gasteiger partial charge is 0.396 e. The molecule has 0 bridgehead atoms. The van der Waals surface area contributed by atoms with Crippen molar-refractivity contribution in [2.45, 2.75) is 269 Å². The van der Waals surface area contributed by atoms with Crippen LogP contribution >= 0.6 is 23.5 Å². The van der Waals surface area contributed by atoms with Crippen LogP contribution < -0.4 is 0 Å². The van der Waals surface area contributed by atoms with E-state index in [0.29, 0.717) is 20.7 Å². The average Bonchev–Trinajstić information content (AvgIpc) is 3.16. The molecule has 0 amide bonds. The predicted molar refractivity (Wildman–Crippen MR) is 245 cm³/mol. The third-order valence-electron chi connectivity index (χ3n) is 11.2. The van der Waals surface area contributed by atoms with E-state index in [9.17, 15) is 14.7 Å². The molecule has 0 fully saturated rings. The Bertz CT molecular complexity index is 723. The van der Waals surface area contributed by atoms with E-state index in [1.165, 1.54) is 180 Å². The van der Waals surface area contributed by atoms with Crippen molar-refractivity contribution in [2.24, 2.45) is 0 Å². The lowest BCUT2D eigenvalue weighted by atomic mass is 10.0. The van der Waals surface area contributed by atoms with Gasteiger partial charge in [0.1, 0.15) is 0 Å². The van der Waals surface area contributed by atoms with Crippen molar-refractivity contribution in [1.82, 2.24) is 4.90 Å². The first-order valence-corrected chi connectivity index (χ1v) is 26.0. The Kier molecular flexibility index (Phi) is 44.0. The highest BCUT2D eigenvalue weighted by Gasteiger charge is 2.16. The van der Waals surface area contributed by atoms with Gasteiger partial charge in [0.05, 0.1) is 0 Å². The van der Waals surface area contributed by atoms with E-state index in [0.717, 1.165) is 71.0 Å². The van der Waals surface area contributed by atoms with Crippen molar-refractivity contribution in [2.75, 3.05) is 26.2 Å². The van der Waals surface area contributed by atoms with Gasteiger partial charge in [0.15, 0.2) is 10.2 Å². The zero-order valence-electron chi connectivity index (χ0n) is 37.0. The lowest BCUT2D eigenvalue weighted by Crippen LogP contribution is -2.27. The third-order valence-corrected chi connectivity index (χ3v) is 13.8. The standard InChI is InChI=1S/C48H95NO3S2/c1-5-9-13-17-19-27-37-45(35-25-15-11-7-3)53-47(51)39-29-21-23-31-41-49(43-33-34-44-50)42-32-24-22-30-40-48(52)54-46(36-26-16-12-8-4)38-28-20-18-14-10-6-2/h45-46,50H,5-44H2,1-4H3. The van der Waals surface area contributed by atoms with E-state index in [4.69, 9.17) is 0 Å². The molecule has 0 aliphatic carbocycles. The van der Waals surface area contributed by atoms with Gasteiger partial charge < -0.3 is 10.0 Å². The molecular weight excluding hydrogens is 703 g/mol. The molecule has 2 atom stereocenters. The van der Waals surface area contributed by atoms with E-state index in [1.54, 1.807) is 23.5 Å². The Morgan fingerprint density at radius 1 is 0.389 bits per heavy atom. The van der Waals surface area contributed by atoms with E-state index in [1.807, 2.05) is 0 Å². The minimum Gasteiger partial charge on any atom is -0.396 e. The fraction of sp³-hybridized carbons (Fsp3) is 0.958. The molecule has 0 aromatic heterocycles. The molecule has 0 radical (unpaired) electrons. The van der Waals surface area contributed by atoms with Crippen LogP contribution in [-0.2, 0) is 9.59 Å². The van der Waals surface area contributed by atoms with Gasteiger partial charge in [-0.15, -0.1) is 0 Å². The van der Waals surface area contributed by atoms with Crippen LogP contribution in [0, 0.1) is 0 Å². The van der Waals surface area contributed by atoms with E-state index in [2.05, 4.69) is 32.6 Å². The summed E-state index contributed by atoms with van der Waals surface area (Å²) in [6, 6.07) is 0. The number of thioether (sulfide) groups is 2. The van der Waals surface area contributed by atoms with Gasteiger partial charge in [-0.05, 0) is 83.8 Å². The highest BCUT2D eigenvalue weighted by molar-refractivity contribution is 8.14. The van der Waals surface area contributed by atoms with Crippen molar-refractivity contribution in [3.8, 4) is 0 Å². The maximum absolute atomic E-state index is 12.9. The summed E-state index contributed by atoms with van der Waals surface area (Å²) in [6.45, 7) is 12.7. The summed E-state index contributed by atoms with van der Waals surface area (Å²) in [4.78, 5) is 28.5. The van der Waals surface area contributed by atoms with Crippen LogP contribution in [0.4, 0.5) is 0 Å². The highest BCUT2D eigenvalue weighted by Crippen LogP contribution is 2.28. The molecule has 1 N–H and O–H groups in total. The molecule has 0 aromatic rings. The summed E-state index contributed by atoms with van der Waals surface area (Å²) >= 11 is 3.38. The van der Waals surface area contributed by atoms with Gasteiger partial charge in [0.25, 0.3) is 0 Å². The molecule has 0 spiro atoms. The molecule has 0 heterocycles. The maximum atomic E-state index is 12.9. The number of aliphatic hydroxyl groups excluding tert-OH is 1. The Morgan fingerprint density at radius 3 is 1.02 bits per heavy atom. The van der Waals surface area contributed by atoms with E-state index >= 15 is 0 Å². The smallest absolute Gasteiger partial charge is 0.189 e. The number of nitrogens with zero attached hydrogens (tertiary/aromatic N) is 1. The molecule has 0 rings (SSSR count). The van der Waals surface area contributed by atoms with Crippen LogP contribution in [0.25, 0.3) is 0 Å². The molecule has 0 aromatic carbocycles. The number of rotatable bonds is 44. The predicted octanol–water partition coefficient (Wildman–Crippen LogP) is 15.7. The molecule has 6 heteroatoms. The average molecular weight is 798 g/mol. The Morgan fingerprint density at radius 2 is 0.667 bits per heavy atom. The quantitative estimate of drug-likeness (QED) is 0.0620. The summed E-state index contributed by atoms with van der Waals surface area (Å²) in [5.41, 5.74) is 0. The van der Waals surface area contributed by atoms with E-state index in [-0.39, 0.29) is 6.61 Å². The Hall–Kier alpha value is -0.0400. The molecule has 4 nitrogen and oxygen atoms in total. The molecule has 54 heavy (non-hydrogen) atoms. The van der Waals surface area contributed by atoms with Crippen LogP contribution in [-0.4, -0.2) is 57.0 Å². The van der Waals surface area contributed by atoms with Crippen LogP contribution in [0.2, 0.25) is 0 Å². The van der Waals surface area contributed by atoms with Crippen molar-refractivity contribution in [3.05, 3.63) is 0 Å². The van der Waals surface area contributed by atoms with Crippen LogP contribution in [0.5, 0.6) is 0 Å². The normalized spacial score (nSPS) is 12.9. The molecule has 0 aliphatic heterocycles. The fourth-order valence-electron chi connectivity index (χ4n) is 7.62. The Labute approximate surface area is 347 Å². The van der Waals surface area contributed by atoms with Gasteiger partial charge in [-0.25, -0.2) is 0 Å². The van der Waals surface area contributed by atoms with Gasteiger partial charge in [0, 0.05) is 29.9 Å².